The molecule has 1 aliphatic carbocycles. The lowest BCUT2D eigenvalue weighted by Crippen LogP contribution is -2.40. The van der Waals surface area contributed by atoms with Crippen LogP contribution in [0.2, 0.25) is 0 Å². The third-order valence-electron chi connectivity index (χ3n) is 2.49. The summed E-state index contributed by atoms with van der Waals surface area (Å²) >= 11 is 0. The fourth-order valence-corrected chi connectivity index (χ4v) is 1.72. The van der Waals surface area contributed by atoms with E-state index in [1.54, 1.807) is 0 Å². The highest BCUT2D eigenvalue weighted by molar-refractivity contribution is 5.74. The van der Waals surface area contributed by atoms with Gasteiger partial charge in [0.1, 0.15) is 0 Å². The predicted octanol–water partition coefficient (Wildman–Crippen LogP) is -0.0585. The van der Waals surface area contributed by atoms with Crippen LogP contribution in [-0.2, 0) is 6.54 Å². The molecule has 0 unspecified atom stereocenters. The Balaban J connectivity index is 1.68. The molecule has 1 saturated carbocycles. The van der Waals surface area contributed by atoms with Crippen LogP contribution in [0.25, 0.3) is 0 Å². The Morgan fingerprint density at radius 1 is 1.47 bits per heavy atom. The van der Waals surface area contributed by atoms with E-state index in [0.717, 1.165) is 12.8 Å². The third kappa shape index (κ3) is 2.90. The van der Waals surface area contributed by atoms with E-state index >= 15 is 0 Å². The number of urea groups is 1. The molecule has 2 amide bonds. The van der Waals surface area contributed by atoms with E-state index in [4.69, 9.17) is 0 Å². The molecule has 1 aromatic heterocycles. The second kappa shape index (κ2) is 4.72. The number of carbonyl (C=O) groups is 1. The van der Waals surface area contributed by atoms with E-state index in [0.29, 0.717) is 18.4 Å². The van der Waals surface area contributed by atoms with Crippen LogP contribution in [0.4, 0.5) is 4.79 Å². The summed E-state index contributed by atoms with van der Waals surface area (Å²) < 4.78 is 0. The lowest BCUT2D eigenvalue weighted by molar-refractivity contribution is 0.236. The first-order chi connectivity index (χ1) is 7.34. The van der Waals surface area contributed by atoms with Crippen LogP contribution in [0, 0.1) is 0 Å². The van der Waals surface area contributed by atoms with E-state index in [1.807, 2.05) is 0 Å². The number of carbonyl (C=O) groups excluding carboxylic acids is 1. The molecule has 1 fully saturated rings. The lowest BCUT2D eigenvalue weighted by Gasteiger charge is -2.11. The van der Waals surface area contributed by atoms with Crippen molar-refractivity contribution in [2.45, 2.75) is 38.3 Å². The number of amides is 2. The standard InChI is InChI=1S/C8H14N6O/c15-8(10-6-3-1-2-4-6)9-5-7-11-13-14-12-7/h6H,1-5H2,(H2,9,10,15)(H,11,12,13,14). The van der Waals surface area contributed by atoms with Gasteiger partial charge in [-0.25, -0.2) is 4.79 Å². The third-order valence-corrected chi connectivity index (χ3v) is 2.49. The maximum Gasteiger partial charge on any atom is 0.315 e. The zero-order chi connectivity index (χ0) is 10.5. The van der Waals surface area contributed by atoms with E-state index in [-0.39, 0.29) is 6.03 Å². The minimum Gasteiger partial charge on any atom is -0.335 e. The number of aromatic nitrogens is 4. The lowest BCUT2D eigenvalue weighted by atomic mass is 10.2. The second-order valence-electron chi connectivity index (χ2n) is 3.64. The Morgan fingerprint density at radius 2 is 2.27 bits per heavy atom. The van der Waals surface area contributed by atoms with Gasteiger partial charge in [-0.05, 0) is 12.8 Å². The monoisotopic (exact) mass is 210 g/mol. The number of nitrogens with one attached hydrogen (secondary N) is 3. The molecule has 1 aliphatic rings. The second-order valence-corrected chi connectivity index (χ2v) is 3.64. The Labute approximate surface area is 87.0 Å². The topological polar surface area (TPSA) is 95.6 Å². The molecule has 7 nitrogen and oxygen atoms in total. The highest BCUT2D eigenvalue weighted by Crippen LogP contribution is 2.17. The van der Waals surface area contributed by atoms with Gasteiger partial charge in [0.2, 0.25) is 0 Å². The molecule has 0 aromatic carbocycles. The van der Waals surface area contributed by atoms with Gasteiger partial charge in [-0.15, -0.1) is 10.2 Å². The van der Waals surface area contributed by atoms with E-state index in [2.05, 4.69) is 31.3 Å². The summed E-state index contributed by atoms with van der Waals surface area (Å²) in [6.45, 7) is 0.301. The van der Waals surface area contributed by atoms with Crippen LogP contribution < -0.4 is 10.6 Å². The van der Waals surface area contributed by atoms with E-state index < -0.39 is 0 Å². The number of rotatable bonds is 3. The molecule has 1 aromatic rings. The molecular weight excluding hydrogens is 196 g/mol. The highest BCUT2D eigenvalue weighted by Gasteiger charge is 2.16. The van der Waals surface area contributed by atoms with Gasteiger partial charge in [-0.2, -0.15) is 5.21 Å². The van der Waals surface area contributed by atoms with E-state index in [9.17, 15) is 4.79 Å². The van der Waals surface area contributed by atoms with Crippen molar-refractivity contribution in [2.24, 2.45) is 0 Å². The van der Waals surface area contributed by atoms with Crippen LogP contribution in [0.1, 0.15) is 31.5 Å². The zero-order valence-electron chi connectivity index (χ0n) is 8.36. The van der Waals surface area contributed by atoms with Crippen LogP contribution in [0.15, 0.2) is 0 Å². The normalized spacial score (nSPS) is 16.5. The van der Waals surface area contributed by atoms with Crippen molar-refractivity contribution in [2.75, 3.05) is 0 Å². The summed E-state index contributed by atoms with van der Waals surface area (Å²) in [5.74, 6) is 0.483. The van der Waals surface area contributed by atoms with Gasteiger partial charge in [-0.1, -0.05) is 18.1 Å². The van der Waals surface area contributed by atoms with Crippen molar-refractivity contribution in [1.29, 1.82) is 0 Å². The van der Waals surface area contributed by atoms with Gasteiger partial charge < -0.3 is 10.6 Å². The summed E-state index contributed by atoms with van der Waals surface area (Å²) in [5, 5.41) is 18.8. The highest BCUT2D eigenvalue weighted by atomic mass is 16.2. The van der Waals surface area contributed by atoms with Crippen molar-refractivity contribution in [1.82, 2.24) is 31.3 Å². The first kappa shape index (κ1) is 9.88. The molecule has 0 radical (unpaired) electrons. The Hall–Kier alpha value is -1.66. The molecule has 0 aliphatic heterocycles. The maximum absolute atomic E-state index is 11.4. The quantitative estimate of drug-likeness (QED) is 0.651. The van der Waals surface area contributed by atoms with E-state index in [1.165, 1.54) is 12.8 Å². The first-order valence-electron chi connectivity index (χ1n) is 5.11. The summed E-state index contributed by atoms with van der Waals surface area (Å²) in [5.41, 5.74) is 0. The maximum atomic E-state index is 11.4. The molecule has 1 heterocycles. The molecular formula is C8H14N6O. The largest absolute Gasteiger partial charge is 0.335 e. The molecule has 82 valence electrons. The van der Waals surface area contributed by atoms with Gasteiger partial charge in [-0.3, -0.25) is 0 Å². The van der Waals surface area contributed by atoms with Crippen LogP contribution in [0.3, 0.4) is 0 Å². The Bertz CT molecular complexity index is 305. The number of H-pyrrole nitrogens is 1. The fourth-order valence-electron chi connectivity index (χ4n) is 1.72. The van der Waals surface area contributed by atoms with Crippen LogP contribution in [-0.4, -0.2) is 32.7 Å². The summed E-state index contributed by atoms with van der Waals surface area (Å²) in [6, 6.07) is 0.168. The molecule has 7 heteroatoms. The molecule has 2 rings (SSSR count). The number of hydrogen-bond donors (Lipinski definition) is 3. The number of tetrazole rings is 1. The van der Waals surface area contributed by atoms with Gasteiger partial charge in [0.05, 0.1) is 6.54 Å². The number of hydrogen-bond acceptors (Lipinski definition) is 4. The smallest absolute Gasteiger partial charge is 0.315 e. The van der Waals surface area contributed by atoms with Crippen molar-refractivity contribution < 1.29 is 4.79 Å². The molecule has 0 saturated heterocycles. The average molecular weight is 210 g/mol. The fraction of sp³-hybridized carbons (Fsp3) is 0.750. The Kier molecular flexibility index (Phi) is 3.11. The molecule has 15 heavy (non-hydrogen) atoms. The molecule has 0 bridgehead atoms. The predicted molar refractivity (Wildman–Crippen MR) is 51.8 cm³/mol. The van der Waals surface area contributed by atoms with Crippen molar-refractivity contribution in [3.05, 3.63) is 5.82 Å². The summed E-state index contributed by atoms with van der Waals surface area (Å²) in [6.07, 6.45) is 4.57. The van der Waals surface area contributed by atoms with Gasteiger partial charge in [0.25, 0.3) is 0 Å². The number of aromatic amines is 1. The first-order valence-corrected chi connectivity index (χ1v) is 5.11. The molecule has 0 spiro atoms. The van der Waals surface area contributed by atoms with Gasteiger partial charge >= 0.3 is 6.03 Å². The van der Waals surface area contributed by atoms with Crippen molar-refractivity contribution in [3.63, 3.8) is 0 Å². The SMILES string of the molecule is O=C(NCc1nn[nH]n1)NC1CCCC1. The van der Waals surface area contributed by atoms with Gasteiger partial charge in [0.15, 0.2) is 5.82 Å². The molecule has 0 atom stereocenters. The van der Waals surface area contributed by atoms with Crippen molar-refractivity contribution >= 4 is 6.03 Å². The number of nitrogens with zero attached hydrogens (tertiary/aromatic N) is 3. The summed E-state index contributed by atoms with van der Waals surface area (Å²) in [7, 11) is 0. The average Bonchev–Trinajstić information content (AvgIpc) is 2.86. The minimum absolute atomic E-state index is 0.160. The van der Waals surface area contributed by atoms with Gasteiger partial charge in [0, 0.05) is 6.04 Å². The van der Waals surface area contributed by atoms with Crippen molar-refractivity contribution in [3.8, 4) is 0 Å². The van der Waals surface area contributed by atoms with Crippen LogP contribution >= 0.6 is 0 Å². The van der Waals surface area contributed by atoms with Crippen LogP contribution in [0.5, 0.6) is 0 Å². The Morgan fingerprint density at radius 3 is 2.93 bits per heavy atom. The molecule has 3 N–H and O–H groups in total. The summed E-state index contributed by atoms with van der Waals surface area (Å²) in [4.78, 5) is 11.4. The minimum atomic E-state index is -0.160. The zero-order valence-corrected chi connectivity index (χ0v) is 8.36.